The molecule has 0 unspecified atom stereocenters. The van der Waals surface area contributed by atoms with E-state index in [2.05, 4.69) is 5.32 Å². The van der Waals surface area contributed by atoms with Crippen molar-refractivity contribution in [3.8, 4) is 0 Å². The molecular weight excluding hydrogens is 498 g/mol. The molecule has 0 heterocycles. The number of rotatable bonds is 12. The van der Waals surface area contributed by atoms with E-state index >= 15 is 0 Å². The van der Waals surface area contributed by atoms with Gasteiger partial charge in [0.05, 0.1) is 11.9 Å². The average molecular weight is 536 g/mol. The minimum Gasteiger partial charge on any atom is -0.352 e. The summed E-state index contributed by atoms with van der Waals surface area (Å²) in [5.74, 6) is -0.713. The molecule has 7 nitrogen and oxygen atoms in total. The van der Waals surface area contributed by atoms with Crippen molar-refractivity contribution in [1.82, 2.24) is 10.2 Å². The Balaban J connectivity index is 2.52. The van der Waals surface area contributed by atoms with E-state index in [1.54, 1.807) is 30.3 Å². The first-order valence-corrected chi connectivity index (χ1v) is 14.5. The molecule has 9 heteroatoms. The van der Waals surface area contributed by atoms with Gasteiger partial charge >= 0.3 is 0 Å². The Bertz CT molecular complexity index is 1150. The normalized spacial score (nSPS) is 13.2. The van der Waals surface area contributed by atoms with Gasteiger partial charge in [-0.15, -0.1) is 0 Å². The molecule has 0 bridgehead atoms. The molecule has 0 saturated heterocycles. The number of para-hydroxylation sites is 1. The van der Waals surface area contributed by atoms with Crippen molar-refractivity contribution < 1.29 is 18.0 Å². The van der Waals surface area contributed by atoms with Crippen molar-refractivity contribution in [1.29, 1.82) is 0 Å². The number of nitrogens with one attached hydrogen (secondary N) is 1. The van der Waals surface area contributed by atoms with E-state index in [4.69, 9.17) is 11.6 Å². The highest BCUT2D eigenvalue weighted by Gasteiger charge is 2.33. The second-order valence-corrected chi connectivity index (χ2v) is 11.7. The van der Waals surface area contributed by atoms with Crippen LogP contribution in [0.5, 0.6) is 0 Å². The summed E-state index contributed by atoms with van der Waals surface area (Å²) in [7, 11) is -3.80. The fourth-order valence-electron chi connectivity index (χ4n) is 3.97. The molecule has 2 aromatic carbocycles. The van der Waals surface area contributed by atoms with Crippen molar-refractivity contribution in [2.45, 2.75) is 72.0 Å². The van der Waals surface area contributed by atoms with Crippen LogP contribution in [0.1, 0.15) is 64.5 Å². The zero-order valence-corrected chi connectivity index (χ0v) is 23.6. The van der Waals surface area contributed by atoms with Gasteiger partial charge in [-0.05, 0) is 48.9 Å². The van der Waals surface area contributed by atoms with Gasteiger partial charge in [0.1, 0.15) is 12.6 Å². The Labute approximate surface area is 220 Å². The predicted molar refractivity (Wildman–Crippen MR) is 147 cm³/mol. The van der Waals surface area contributed by atoms with Crippen LogP contribution in [0.25, 0.3) is 0 Å². The number of benzene rings is 2. The van der Waals surface area contributed by atoms with Crippen LogP contribution < -0.4 is 9.62 Å². The highest BCUT2D eigenvalue weighted by Crippen LogP contribution is 2.29. The van der Waals surface area contributed by atoms with E-state index in [-0.39, 0.29) is 24.4 Å². The number of amides is 2. The minimum atomic E-state index is -3.80. The lowest BCUT2D eigenvalue weighted by atomic mass is 10.0. The number of carbonyl (C=O) groups excluding carboxylic acids is 2. The summed E-state index contributed by atoms with van der Waals surface area (Å²) < 4.78 is 26.9. The van der Waals surface area contributed by atoms with Gasteiger partial charge in [-0.3, -0.25) is 13.9 Å². The number of halogens is 1. The van der Waals surface area contributed by atoms with Gasteiger partial charge in [-0.1, -0.05) is 75.7 Å². The Morgan fingerprint density at radius 1 is 0.972 bits per heavy atom. The van der Waals surface area contributed by atoms with Crippen LogP contribution in [0.3, 0.4) is 0 Å². The van der Waals surface area contributed by atoms with E-state index in [0.29, 0.717) is 22.7 Å². The summed E-state index contributed by atoms with van der Waals surface area (Å²) in [6, 6.07) is 13.4. The summed E-state index contributed by atoms with van der Waals surface area (Å²) in [5, 5.41) is 3.43. The molecule has 2 rings (SSSR count). The molecule has 198 valence electrons. The first kappa shape index (κ1) is 29.6. The third-order valence-electron chi connectivity index (χ3n) is 6.19. The zero-order chi connectivity index (χ0) is 27.0. The topological polar surface area (TPSA) is 86.8 Å². The fraction of sp³-hybridized carbons (Fsp3) is 0.481. The van der Waals surface area contributed by atoms with Crippen molar-refractivity contribution >= 4 is 39.1 Å². The van der Waals surface area contributed by atoms with Crippen LogP contribution in [0.4, 0.5) is 5.69 Å². The predicted octanol–water partition coefficient (Wildman–Crippen LogP) is 4.95. The second-order valence-electron chi connectivity index (χ2n) is 9.34. The van der Waals surface area contributed by atoms with Gasteiger partial charge in [0.2, 0.25) is 21.8 Å². The van der Waals surface area contributed by atoms with Crippen LogP contribution in [0.2, 0.25) is 5.02 Å². The van der Waals surface area contributed by atoms with E-state index < -0.39 is 28.5 Å². The van der Waals surface area contributed by atoms with E-state index in [9.17, 15) is 18.0 Å². The van der Waals surface area contributed by atoms with Crippen molar-refractivity contribution in [2.24, 2.45) is 0 Å². The molecule has 0 aliphatic carbocycles. The Hall–Kier alpha value is -2.58. The van der Waals surface area contributed by atoms with E-state index in [1.165, 1.54) is 4.90 Å². The number of hydrogen-bond donors (Lipinski definition) is 1. The molecule has 0 radical (unpaired) electrons. The molecule has 36 heavy (non-hydrogen) atoms. The monoisotopic (exact) mass is 535 g/mol. The fourth-order valence-corrected chi connectivity index (χ4v) is 5.03. The van der Waals surface area contributed by atoms with Crippen molar-refractivity contribution in [3.63, 3.8) is 0 Å². The van der Waals surface area contributed by atoms with Crippen LogP contribution in [0, 0.1) is 0 Å². The van der Waals surface area contributed by atoms with Crippen LogP contribution in [-0.4, -0.2) is 50.0 Å². The van der Waals surface area contributed by atoms with E-state index in [1.807, 2.05) is 52.8 Å². The lowest BCUT2D eigenvalue weighted by molar-refractivity contribution is -0.140. The summed E-state index contributed by atoms with van der Waals surface area (Å²) in [6.07, 6.45) is 2.19. The van der Waals surface area contributed by atoms with E-state index in [0.717, 1.165) is 22.5 Å². The SMILES string of the molecule is CC[C@@H](C)NC(=O)[C@H](CC)N(Cc1ccccc1Cl)C(=O)CN(c1ccccc1C(C)C)S(C)(=O)=O. The number of carbonyl (C=O) groups is 2. The first-order valence-electron chi connectivity index (χ1n) is 12.3. The molecule has 2 amide bonds. The smallest absolute Gasteiger partial charge is 0.244 e. The van der Waals surface area contributed by atoms with Gasteiger partial charge in [-0.2, -0.15) is 0 Å². The first-order chi connectivity index (χ1) is 16.9. The summed E-state index contributed by atoms with van der Waals surface area (Å²) in [5.41, 5.74) is 1.95. The summed E-state index contributed by atoms with van der Waals surface area (Å²) in [4.78, 5) is 28.5. The Morgan fingerprint density at radius 3 is 2.14 bits per heavy atom. The number of anilines is 1. The number of sulfonamides is 1. The summed E-state index contributed by atoms with van der Waals surface area (Å²) >= 11 is 6.39. The van der Waals surface area contributed by atoms with Gasteiger partial charge in [0, 0.05) is 17.6 Å². The van der Waals surface area contributed by atoms with Gasteiger partial charge in [0.25, 0.3) is 0 Å². The molecule has 0 aromatic heterocycles. The van der Waals surface area contributed by atoms with Gasteiger partial charge < -0.3 is 10.2 Å². The van der Waals surface area contributed by atoms with Crippen molar-refractivity contribution in [2.75, 3.05) is 17.1 Å². The molecule has 1 N–H and O–H groups in total. The maximum absolute atomic E-state index is 13.8. The molecule has 0 saturated carbocycles. The Morgan fingerprint density at radius 2 is 1.58 bits per heavy atom. The standard InChI is InChI=1S/C27H38ClN3O4S/c1-7-20(5)29-27(33)24(8-2)30(17-21-13-9-11-15-23(21)28)26(32)18-31(36(6,34)35)25-16-12-10-14-22(25)19(3)4/h9-16,19-20,24H,7-8,17-18H2,1-6H3,(H,29,33)/t20-,24+/m1/s1. The minimum absolute atomic E-state index is 0.0458. The molecule has 2 aromatic rings. The molecule has 0 aliphatic rings. The molecule has 2 atom stereocenters. The largest absolute Gasteiger partial charge is 0.352 e. The maximum atomic E-state index is 13.8. The maximum Gasteiger partial charge on any atom is 0.244 e. The molecule has 0 fully saturated rings. The lowest BCUT2D eigenvalue weighted by Crippen LogP contribution is -2.53. The molecular formula is C27H38ClN3O4S. The third kappa shape index (κ3) is 7.71. The average Bonchev–Trinajstić information content (AvgIpc) is 2.82. The third-order valence-corrected chi connectivity index (χ3v) is 7.69. The molecule has 0 aliphatic heterocycles. The zero-order valence-electron chi connectivity index (χ0n) is 22.0. The van der Waals surface area contributed by atoms with Crippen LogP contribution in [0.15, 0.2) is 48.5 Å². The van der Waals surface area contributed by atoms with Crippen LogP contribution >= 0.6 is 11.6 Å². The van der Waals surface area contributed by atoms with Gasteiger partial charge in [-0.25, -0.2) is 8.42 Å². The summed E-state index contributed by atoms with van der Waals surface area (Å²) in [6.45, 7) is 9.28. The number of hydrogen-bond acceptors (Lipinski definition) is 4. The lowest BCUT2D eigenvalue weighted by Gasteiger charge is -2.34. The quantitative estimate of drug-likeness (QED) is 0.416. The van der Waals surface area contributed by atoms with Gasteiger partial charge in [0.15, 0.2) is 0 Å². The number of nitrogens with zero attached hydrogens (tertiary/aromatic N) is 2. The van der Waals surface area contributed by atoms with Crippen LogP contribution in [-0.2, 0) is 26.2 Å². The second kappa shape index (κ2) is 13.1. The highest BCUT2D eigenvalue weighted by molar-refractivity contribution is 7.92. The Kier molecular flexibility index (Phi) is 10.8. The molecule has 0 spiro atoms. The van der Waals surface area contributed by atoms with Crippen molar-refractivity contribution in [3.05, 3.63) is 64.7 Å². The highest BCUT2D eigenvalue weighted by atomic mass is 35.5.